The van der Waals surface area contributed by atoms with Crippen molar-refractivity contribution in [2.45, 2.75) is 48.2 Å². The van der Waals surface area contributed by atoms with Crippen LogP contribution in [0.5, 0.6) is 6.01 Å². The topological polar surface area (TPSA) is 72.3 Å². The van der Waals surface area contributed by atoms with Gasteiger partial charge < -0.3 is 9.84 Å². The standard InChI is InChI=1S/C13H18N2O3S/c1-18-12-14-7-9(8-15-12)13(16)5-10-3-2-4-11(6-13)19(10)17/h7-8,10-11,16H,2-6H2,1H3. The zero-order chi connectivity index (χ0) is 13.5. The Morgan fingerprint density at radius 1 is 1.32 bits per heavy atom. The first-order valence-electron chi connectivity index (χ1n) is 6.61. The van der Waals surface area contributed by atoms with Gasteiger partial charge in [-0.2, -0.15) is 0 Å². The van der Waals surface area contributed by atoms with Crippen molar-refractivity contribution in [2.24, 2.45) is 0 Å². The predicted molar refractivity (Wildman–Crippen MR) is 71.3 cm³/mol. The summed E-state index contributed by atoms with van der Waals surface area (Å²) >= 11 is 0. The normalized spacial score (nSPS) is 37.9. The Morgan fingerprint density at radius 2 is 1.89 bits per heavy atom. The molecule has 19 heavy (non-hydrogen) atoms. The van der Waals surface area contributed by atoms with Crippen molar-refractivity contribution in [2.75, 3.05) is 7.11 Å². The first-order chi connectivity index (χ1) is 9.12. The molecule has 2 fully saturated rings. The summed E-state index contributed by atoms with van der Waals surface area (Å²) in [6.07, 6.45) is 7.35. The van der Waals surface area contributed by atoms with Gasteiger partial charge in [0.15, 0.2) is 0 Å². The third-order valence-corrected chi connectivity index (χ3v) is 6.31. The molecule has 1 aromatic rings. The van der Waals surface area contributed by atoms with Gasteiger partial charge in [-0.05, 0) is 25.7 Å². The molecule has 5 nitrogen and oxygen atoms in total. The van der Waals surface area contributed by atoms with Crippen LogP contribution in [0.2, 0.25) is 0 Å². The molecule has 0 aromatic carbocycles. The summed E-state index contributed by atoms with van der Waals surface area (Å²) in [5.41, 5.74) is -0.224. The van der Waals surface area contributed by atoms with Crippen molar-refractivity contribution in [1.82, 2.24) is 9.97 Å². The van der Waals surface area contributed by atoms with Crippen LogP contribution in [0.1, 0.15) is 37.7 Å². The quantitative estimate of drug-likeness (QED) is 0.880. The van der Waals surface area contributed by atoms with Gasteiger partial charge >= 0.3 is 6.01 Å². The zero-order valence-electron chi connectivity index (χ0n) is 10.9. The first-order valence-corrected chi connectivity index (χ1v) is 7.88. The van der Waals surface area contributed by atoms with E-state index in [1.54, 1.807) is 12.4 Å². The molecule has 3 rings (SSSR count). The summed E-state index contributed by atoms with van der Waals surface area (Å²) in [6, 6.07) is 0.298. The van der Waals surface area contributed by atoms with Gasteiger partial charge in [-0.1, -0.05) is 6.42 Å². The minimum absolute atomic E-state index is 0.111. The van der Waals surface area contributed by atoms with Crippen LogP contribution in [0.15, 0.2) is 12.4 Å². The van der Waals surface area contributed by atoms with Gasteiger partial charge in [0.25, 0.3) is 0 Å². The van der Waals surface area contributed by atoms with Crippen LogP contribution in [0.3, 0.4) is 0 Å². The number of ether oxygens (including phenoxy) is 1. The fourth-order valence-corrected chi connectivity index (χ4v) is 5.40. The molecule has 1 aromatic heterocycles. The van der Waals surface area contributed by atoms with Crippen LogP contribution >= 0.6 is 0 Å². The monoisotopic (exact) mass is 282 g/mol. The summed E-state index contributed by atoms with van der Waals surface area (Å²) in [6.45, 7) is 0. The molecule has 104 valence electrons. The second-order valence-corrected chi connectivity index (χ2v) is 7.39. The lowest BCUT2D eigenvalue weighted by Crippen LogP contribution is -2.47. The van der Waals surface area contributed by atoms with Gasteiger partial charge in [-0.3, -0.25) is 4.21 Å². The van der Waals surface area contributed by atoms with E-state index in [0.29, 0.717) is 24.4 Å². The highest BCUT2D eigenvalue weighted by Gasteiger charge is 2.46. The third kappa shape index (κ3) is 2.27. The molecule has 2 bridgehead atoms. The van der Waals surface area contributed by atoms with Gasteiger partial charge in [0.2, 0.25) is 0 Å². The van der Waals surface area contributed by atoms with Crippen LogP contribution < -0.4 is 4.74 Å². The summed E-state index contributed by atoms with van der Waals surface area (Å²) in [5.74, 6) is 0. The highest BCUT2D eigenvalue weighted by atomic mass is 32.2. The number of hydrogen-bond acceptors (Lipinski definition) is 5. The molecule has 2 aliphatic heterocycles. The molecular formula is C13H18N2O3S. The Hall–Kier alpha value is -1.01. The molecular weight excluding hydrogens is 264 g/mol. The molecule has 0 aliphatic carbocycles. The van der Waals surface area contributed by atoms with Crippen LogP contribution in [0, 0.1) is 0 Å². The number of fused-ring (bicyclic) bond motifs is 2. The van der Waals surface area contributed by atoms with Crippen molar-refractivity contribution < 1.29 is 14.1 Å². The Bertz CT molecular complexity index is 475. The Balaban J connectivity index is 1.88. The maximum absolute atomic E-state index is 12.2. The number of aliphatic hydroxyl groups is 1. The van der Waals surface area contributed by atoms with Crippen LogP contribution in [-0.2, 0) is 16.4 Å². The molecule has 3 heterocycles. The van der Waals surface area contributed by atoms with Crippen molar-refractivity contribution in [1.29, 1.82) is 0 Å². The molecule has 2 aliphatic rings. The number of hydrogen-bond donors (Lipinski definition) is 1. The second kappa shape index (κ2) is 4.83. The minimum Gasteiger partial charge on any atom is -0.467 e. The first kappa shape index (κ1) is 13.0. The molecule has 2 saturated heterocycles. The van der Waals surface area contributed by atoms with Gasteiger partial charge in [0, 0.05) is 39.3 Å². The number of nitrogens with zero attached hydrogens (tertiary/aromatic N) is 2. The number of aromatic nitrogens is 2. The SMILES string of the molecule is COc1ncc(C2(O)CC3CCCC(C2)S3=O)cn1. The largest absolute Gasteiger partial charge is 0.467 e. The summed E-state index contributed by atoms with van der Waals surface area (Å²) in [7, 11) is 0.724. The maximum Gasteiger partial charge on any atom is 0.316 e. The minimum atomic E-state index is -0.935. The molecule has 2 atom stereocenters. The van der Waals surface area contributed by atoms with Crippen molar-refractivity contribution in [3.63, 3.8) is 0 Å². The Labute approximate surface area is 114 Å². The second-order valence-electron chi connectivity index (χ2n) is 5.40. The van der Waals surface area contributed by atoms with Crippen LogP contribution in [0.25, 0.3) is 0 Å². The van der Waals surface area contributed by atoms with E-state index in [0.717, 1.165) is 19.3 Å². The average Bonchev–Trinajstić information content (AvgIpc) is 2.41. The zero-order valence-corrected chi connectivity index (χ0v) is 11.7. The molecule has 0 amide bonds. The molecule has 0 saturated carbocycles. The number of methoxy groups -OCH3 is 1. The van der Waals surface area contributed by atoms with Crippen molar-refractivity contribution in [3.05, 3.63) is 18.0 Å². The van der Waals surface area contributed by atoms with Gasteiger partial charge in [-0.25, -0.2) is 9.97 Å². The highest BCUT2D eigenvalue weighted by Crippen LogP contribution is 2.44. The maximum atomic E-state index is 12.2. The third-order valence-electron chi connectivity index (χ3n) is 4.19. The average molecular weight is 282 g/mol. The van der Waals surface area contributed by atoms with Gasteiger partial charge in [0.05, 0.1) is 12.7 Å². The smallest absolute Gasteiger partial charge is 0.316 e. The number of rotatable bonds is 2. The predicted octanol–water partition coefficient (Wildman–Crippen LogP) is 1.14. The Morgan fingerprint density at radius 3 is 2.42 bits per heavy atom. The van der Waals surface area contributed by atoms with Gasteiger partial charge in [-0.15, -0.1) is 0 Å². The van der Waals surface area contributed by atoms with E-state index in [4.69, 9.17) is 4.74 Å². The molecule has 0 radical (unpaired) electrons. The van der Waals surface area contributed by atoms with Crippen molar-refractivity contribution in [3.8, 4) is 6.01 Å². The Kier molecular flexibility index (Phi) is 3.30. The van der Waals surface area contributed by atoms with Gasteiger partial charge in [0.1, 0.15) is 0 Å². The van der Waals surface area contributed by atoms with E-state index in [2.05, 4.69) is 9.97 Å². The van der Waals surface area contributed by atoms with Crippen LogP contribution in [0.4, 0.5) is 0 Å². The van der Waals surface area contributed by atoms with Crippen molar-refractivity contribution >= 4 is 10.8 Å². The lowest BCUT2D eigenvalue weighted by Gasteiger charge is -2.43. The molecule has 1 N–H and O–H groups in total. The lowest BCUT2D eigenvalue weighted by atomic mass is 9.81. The fraction of sp³-hybridized carbons (Fsp3) is 0.692. The van der Waals surface area contributed by atoms with Crippen LogP contribution in [-0.4, -0.2) is 36.9 Å². The highest BCUT2D eigenvalue weighted by molar-refractivity contribution is 7.86. The van der Waals surface area contributed by atoms with E-state index in [9.17, 15) is 9.32 Å². The van der Waals surface area contributed by atoms with E-state index in [-0.39, 0.29) is 10.5 Å². The van der Waals surface area contributed by atoms with E-state index in [1.165, 1.54) is 7.11 Å². The molecule has 0 spiro atoms. The summed E-state index contributed by atoms with van der Waals surface area (Å²) in [4.78, 5) is 8.12. The molecule has 2 unspecified atom stereocenters. The summed E-state index contributed by atoms with van der Waals surface area (Å²) < 4.78 is 17.1. The van der Waals surface area contributed by atoms with E-state index < -0.39 is 16.4 Å². The van der Waals surface area contributed by atoms with E-state index in [1.807, 2.05) is 0 Å². The summed E-state index contributed by atoms with van der Waals surface area (Å²) in [5, 5.41) is 11.1. The fourth-order valence-electron chi connectivity index (χ4n) is 3.18. The lowest BCUT2D eigenvalue weighted by molar-refractivity contribution is 0.00580. The van der Waals surface area contributed by atoms with E-state index >= 15 is 0 Å². The molecule has 6 heteroatoms.